The van der Waals surface area contributed by atoms with Gasteiger partial charge >= 0.3 is 0 Å². The number of amides is 1. The van der Waals surface area contributed by atoms with Crippen molar-refractivity contribution < 1.29 is 4.79 Å². The fourth-order valence-electron chi connectivity index (χ4n) is 1.65. The first-order valence-corrected chi connectivity index (χ1v) is 7.18. The van der Waals surface area contributed by atoms with Gasteiger partial charge in [-0.05, 0) is 32.9 Å². The normalized spacial score (nSPS) is 12.4. The van der Waals surface area contributed by atoms with Crippen LogP contribution < -0.4 is 10.2 Å². The average Bonchev–Trinajstić information content (AvgIpc) is 2.34. The fourth-order valence-corrected chi connectivity index (χ4v) is 2.07. The Morgan fingerprint density at radius 2 is 1.80 bits per heavy atom. The number of benzene rings is 1. The molecule has 0 aromatic heterocycles. The van der Waals surface area contributed by atoms with Crippen LogP contribution in [-0.4, -0.2) is 23.3 Å². The van der Waals surface area contributed by atoms with E-state index in [1.165, 1.54) is 6.08 Å². The highest BCUT2D eigenvalue weighted by atomic mass is 35.5. The Kier molecular flexibility index (Phi) is 5.90. The molecule has 0 spiro atoms. The Hall–Kier alpha value is -1.19. The first kappa shape index (κ1) is 16.9. The fraction of sp³-hybridized carbons (Fsp3) is 0.400. The molecule has 110 valence electrons. The highest BCUT2D eigenvalue weighted by Crippen LogP contribution is 2.23. The monoisotopic (exact) mass is 314 g/mol. The van der Waals surface area contributed by atoms with E-state index in [-0.39, 0.29) is 11.4 Å². The van der Waals surface area contributed by atoms with Gasteiger partial charge in [-0.15, -0.1) is 0 Å². The number of halogens is 2. The van der Waals surface area contributed by atoms with Crippen LogP contribution in [-0.2, 0) is 4.79 Å². The number of nitrogens with one attached hydrogen (secondary N) is 1. The molecule has 3 nitrogen and oxygen atoms in total. The molecule has 0 aliphatic heterocycles. The van der Waals surface area contributed by atoms with Gasteiger partial charge in [0.1, 0.15) is 4.84 Å². The molecule has 0 saturated carbocycles. The second kappa shape index (κ2) is 7.00. The zero-order valence-corrected chi connectivity index (χ0v) is 13.7. The molecular weight excluding hydrogens is 295 g/mol. The van der Waals surface area contributed by atoms with Crippen LogP contribution in [0.15, 0.2) is 42.1 Å². The van der Waals surface area contributed by atoms with Crippen molar-refractivity contribution in [2.45, 2.75) is 31.1 Å². The maximum atomic E-state index is 12.0. The Morgan fingerprint density at radius 1 is 1.25 bits per heavy atom. The number of carbonyl (C=O) groups is 1. The lowest BCUT2D eigenvalue weighted by Crippen LogP contribution is -2.40. The van der Waals surface area contributed by atoms with Gasteiger partial charge in [-0.2, -0.15) is 0 Å². The third-order valence-electron chi connectivity index (χ3n) is 2.53. The van der Waals surface area contributed by atoms with Gasteiger partial charge in [-0.1, -0.05) is 41.4 Å². The molecule has 0 saturated heterocycles. The lowest BCUT2D eigenvalue weighted by atomic mass is 10.1. The Labute approximate surface area is 130 Å². The Balaban J connectivity index is 2.97. The van der Waals surface area contributed by atoms with Crippen molar-refractivity contribution in [1.82, 2.24) is 5.32 Å². The highest BCUT2D eigenvalue weighted by molar-refractivity contribution is 6.46. The van der Waals surface area contributed by atoms with Crippen LogP contribution in [0.4, 0.5) is 5.69 Å². The van der Waals surface area contributed by atoms with Gasteiger partial charge in [0.25, 0.3) is 0 Å². The van der Waals surface area contributed by atoms with Gasteiger partial charge < -0.3 is 10.2 Å². The van der Waals surface area contributed by atoms with E-state index in [9.17, 15) is 4.79 Å². The van der Waals surface area contributed by atoms with Gasteiger partial charge in [0.15, 0.2) is 0 Å². The predicted octanol–water partition coefficient (Wildman–Crippen LogP) is 3.73. The molecule has 1 aromatic carbocycles. The summed E-state index contributed by atoms with van der Waals surface area (Å²) in [5, 5.41) is 2.85. The van der Waals surface area contributed by atoms with Crippen molar-refractivity contribution in [1.29, 1.82) is 0 Å². The van der Waals surface area contributed by atoms with Crippen molar-refractivity contribution in [2.75, 3.05) is 11.9 Å². The summed E-state index contributed by atoms with van der Waals surface area (Å²) in [4.78, 5) is 13.0. The third-order valence-corrected chi connectivity index (χ3v) is 2.98. The van der Waals surface area contributed by atoms with Crippen LogP contribution in [0.2, 0.25) is 0 Å². The van der Waals surface area contributed by atoms with Crippen LogP contribution >= 0.6 is 23.2 Å². The summed E-state index contributed by atoms with van der Waals surface area (Å²) in [5.41, 5.74) is 1.13. The molecule has 5 heteroatoms. The van der Waals surface area contributed by atoms with E-state index in [2.05, 4.69) is 5.32 Å². The first-order valence-electron chi connectivity index (χ1n) is 6.31. The lowest BCUT2D eigenvalue weighted by molar-refractivity contribution is -0.117. The van der Waals surface area contributed by atoms with E-state index >= 15 is 0 Å². The van der Waals surface area contributed by atoms with Gasteiger partial charge in [-0.25, -0.2) is 0 Å². The van der Waals surface area contributed by atoms with E-state index in [0.717, 1.165) is 5.69 Å². The van der Waals surface area contributed by atoms with Crippen LogP contribution in [0.5, 0.6) is 0 Å². The smallest absolute Gasteiger partial charge is 0.246 e. The molecule has 0 radical (unpaired) electrons. The molecule has 0 fully saturated rings. The predicted molar refractivity (Wildman–Crippen MR) is 86.3 cm³/mol. The molecule has 0 bridgehead atoms. The van der Waals surface area contributed by atoms with Crippen molar-refractivity contribution in [3.8, 4) is 0 Å². The summed E-state index contributed by atoms with van der Waals surface area (Å²) in [6.07, 6.45) is 1.43. The number of rotatable bonds is 4. The van der Waals surface area contributed by atoms with Crippen molar-refractivity contribution in [3.05, 3.63) is 42.1 Å². The second-order valence-corrected chi connectivity index (χ2v) is 6.60. The third kappa shape index (κ3) is 5.43. The number of anilines is 1. The van der Waals surface area contributed by atoms with E-state index in [0.29, 0.717) is 5.70 Å². The molecule has 1 rings (SSSR count). The molecule has 1 aromatic rings. The molecule has 1 N–H and O–H groups in total. The van der Waals surface area contributed by atoms with Gasteiger partial charge in [0, 0.05) is 24.4 Å². The number of alkyl halides is 2. The van der Waals surface area contributed by atoms with E-state index in [1.54, 1.807) is 4.90 Å². The summed E-state index contributed by atoms with van der Waals surface area (Å²) in [7, 11) is 1.82. The standard InChI is InChI=1S/C15H20Cl2N2O/c1-15(2,3)18-13(20)10-12(14(16)17)19(4)11-8-6-5-7-9-11/h5-10,14H,1-4H3,(H,18,20)/b12-10+. The number of allylic oxidation sites excluding steroid dienone is 1. The van der Waals surface area contributed by atoms with E-state index < -0.39 is 4.84 Å². The maximum absolute atomic E-state index is 12.0. The SMILES string of the molecule is CN(/C(=C/C(=O)NC(C)(C)C)C(Cl)Cl)c1ccccc1. The van der Waals surface area contributed by atoms with E-state index in [4.69, 9.17) is 23.2 Å². The van der Waals surface area contributed by atoms with Gasteiger partial charge in [-0.3, -0.25) is 4.79 Å². The quantitative estimate of drug-likeness (QED) is 0.678. The summed E-state index contributed by atoms with van der Waals surface area (Å²) in [5.74, 6) is -0.221. The first-order chi connectivity index (χ1) is 9.20. The summed E-state index contributed by atoms with van der Waals surface area (Å²) < 4.78 is 0. The molecule has 20 heavy (non-hydrogen) atoms. The van der Waals surface area contributed by atoms with Crippen molar-refractivity contribution in [3.63, 3.8) is 0 Å². The van der Waals surface area contributed by atoms with Crippen LogP contribution in [0.1, 0.15) is 20.8 Å². The highest BCUT2D eigenvalue weighted by Gasteiger charge is 2.18. The Morgan fingerprint density at radius 3 is 2.25 bits per heavy atom. The minimum Gasteiger partial charge on any atom is -0.348 e. The summed E-state index contributed by atoms with van der Waals surface area (Å²) >= 11 is 12.0. The summed E-state index contributed by atoms with van der Waals surface area (Å²) in [6.45, 7) is 5.74. The zero-order valence-electron chi connectivity index (χ0n) is 12.2. The molecule has 0 aliphatic rings. The van der Waals surface area contributed by atoms with Gasteiger partial charge in [0.2, 0.25) is 5.91 Å². The number of para-hydroxylation sites is 1. The number of nitrogens with zero attached hydrogens (tertiary/aromatic N) is 1. The van der Waals surface area contributed by atoms with Crippen LogP contribution in [0.25, 0.3) is 0 Å². The molecule has 1 amide bonds. The lowest BCUT2D eigenvalue weighted by Gasteiger charge is -2.25. The summed E-state index contributed by atoms with van der Waals surface area (Å²) in [6, 6.07) is 9.59. The number of hydrogen-bond donors (Lipinski definition) is 1. The number of carbonyl (C=O) groups excluding carboxylic acids is 1. The molecule has 0 aliphatic carbocycles. The van der Waals surface area contributed by atoms with Gasteiger partial charge in [0.05, 0.1) is 5.70 Å². The minimum atomic E-state index is -0.786. The number of hydrogen-bond acceptors (Lipinski definition) is 2. The topological polar surface area (TPSA) is 32.3 Å². The molecule has 0 heterocycles. The van der Waals surface area contributed by atoms with E-state index in [1.807, 2.05) is 58.2 Å². The Bertz CT molecular complexity index is 478. The minimum absolute atomic E-state index is 0.221. The van der Waals surface area contributed by atoms with Crippen LogP contribution in [0, 0.1) is 0 Å². The molecular formula is C15H20Cl2N2O. The maximum Gasteiger partial charge on any atom is 0.246 e. The average molecular weight is 315 g/mol. The van der Waals surface area contributed by atoms with Crippen molar-refractivity contribution in [2.24, 2.45) is 0 Å². The largest absolute Gasteiger partial charge is 0.348 e. The zero-order chi connectivity index (χ0) is 15.3. The second-order valence-electron chi connectivity index (χ2n) is 5.50. The molecule has 0 atom stereocenters. The van der Waals surface area contributed by atoms with Crippen molar-refractivity contribution >= 4 is 34.8 Å². The molecule has 0 unspecified atom stereocenters. The van der Waals surface area contributed by atoms with Crippen LogP contribution in [0.3, 0.4) is 0 Å².